The van der Waals surface area contributed by atoms with Crippen LogP contribution < -0.4 is 11.5 Å². The van der Waals surface area contributed by atoms with E-state index >= 15 is 0 Å². The van der Waals surface area contributed by atoms with Gasteiger partial charge in [0, 0.05) is 22.5 Å². The lowest BCUT2D eigenvalue weighted by molar-refractivity contribution is 1.18. The van der Waals surface area contributed by atoms with Crippen LogP contribution in [0.4, 0.5) is 5.69 Å². The molecule has 0 fully saturated rings. The molecular weight excluding hydrogens is 581 g/mol. The molecule has 232 valence electrons. The van der Waals surface area contributed by atoms with Crippen molar-refractivity contribution < 1.29 is 0 Å². The number of nitrogens with two attached hydrogens (primary N) is 2. The summed E-state index contributed by atoms with van der Waals surface area (Å²) in [6.45, 7) is 4.11. The van der Waals surface area contributed by atoms with Gasteiger partial charge in [-0.15, -0.1) is 0 Å². The number of allylic oxidation sites excluding steroid dienone is 6. The van der Waals surface area contributed by atoms with Crippen molar-refractivity contribution in [1.82, 2.24) is 0 Å². The van der Waals surface area contributed by atoms with Crippen molar-refractivity contribution >= 4 is 66.5 Å². The van der Waals surface area contributed by atoms with E-state index in [-0.39, 0.29) is 0 Å². The summed E-state index contributed by atoms with van der Waals surface area (Å²) in [6.07, 6.45) is 12.6. The molecule has 0 spiro atoms. The molecule has 0 radical (unpaired) electrons. The molecule has 7 aromatic carbocycles. The first-order chi connectivity index (χ1) is 23.5. The zero-order chi connectivity index (χ0) is 32.8. The highest BCUT2D eigenvalue weighted by Crippen LogP contribution is 2.46. The van der Waals surface area contributed by atoms with E-state index in [0.29, 0.717) is 0 Å². The molecule has 48 heavy (non-hydrogen) atoms. The largest absolute Gasteiger partial charge is 0.402 e. The van der Waals surface area contributed by atoms with Crippen molar-refractivity contribution in [2.75, 3.05) is 5.73 Å². The summed E-state index contributed by atoms with van der Waals surface area (Å²) in [5.74, 6) is 0. The summed E-state index contributed by atoms with van der Waals surface area (Å²) >= 11 is 0. The van der Waals surface area contributed by atoms with Gasteiger partial charge < -0.3 is 11.5 Å². The highest BCUT2D eigenvalue weighted by atomic mass is 14.6. The number of benzene rings is 7. The zero-order valence-electron chi connectivity index (χ0n) is 27.4. The van der Waals surface area contributed by atoms with Gasteiger partial charge in [-0.25, -0.2) is 0 Å². The standard InChI is InChI=1S/C46H38N2/c1-3-4-15-40-45(44-26-31-14-6-8-17-35(31)37-19-10-12-21-39(37)44)27-33-24-32(23-22-29(2)47)41(28-42(33)46(40)48)43-25-30-13-5-7-16-34(30)36-18-9-11-20-38(36)43/h4-23,25-28H,3,24,47-48H2,1-2H3/b15-4-,29-22-,32-23+. The molecule has 0 saturated heterocycles. The molecule has 0 saturated carbocycles. The fourth-order valence-corrected chi connectivity index (χ4v) is 7.47. The van der Waals surface area contributed by atoms with Gasteiger partial charge in [-0.2, -0.15) is 0 Å². The van der Waals surface area contributed by atoms with E-state index in [0.717, 1.165) is 40.9 Å². The van der Waals surface area contributed by atoms with Crippen molar-refractivity contribution in [1.29, 1.82) is 0 Å². The van der Waals surface area contributed by atoms with Crippen molar-refractivity contribution in [3.05, 3.63) is 167 Å². The van der Waals surface area contributed by atoms with Crippen molar-refractivity contribution in [3.63, 3.8) is 0 Å². The van der Waals surface area contributed by atoms with Crippen LogP contribution in [0.1, 0.15) is 42.5 Å². The average Bonchev–Trinajstić information content (AvgIpc) is 3.12. The normalized spacial score (nSPS) is 14.4. The number of hydrogen-bond donors (Lipinski definition) is 2. The van der Waals surface area contributed by atoms with Crippen LogP contribution in [-0.4, -0.2) is 0 Å². The van der Waals surface area contributed by atoms with Gasteiger partial charge in [0.2, 0.25) is 0 Å². The lowest BCUT2D eigenvalue weighted by Gasteiger charge is -2.26. The predicted molar refractivity (Wildman–Crippen MR) is 210 cm³/mol. The second kappa shape index (κ2) is 12.1. The maximum absolute atomic E-state index is 7.30. The predicted octanol–water partition coefficient (Wildman–Crippen LogP) is 11.9. The minimum Gasteiger partial charge on any atom is -0.402 e. The third-order valence-corrected chi connectivity index (χ3v) is 9.73. The van der Waals surface area contributed by atoms with Crippen molar-refractivity contribution in [2.24, 2.45) is 5.73 Å². The van der Waals surface area contributed by atoms with Gasteiger partial charge in [-0.3, -0.25) is 0 Å². The Morgan fingerprint density at radius 3 is 1.81 bits per heavy atom. The molecule has 2 heteroatoms. The molecule has 0 unspecified atom stereocenters. The highest BCUT2D eigenvalue weighted by Gasteiger charge is 2.24. The molecule has 8 rings (SSSR count). The smallest absolute Gasteiger partial charge is 0.0470 e. The van der Waals surface area contributed by atoms with Gasteiger partial charge >= 0.3 is 0 Å². The first kappa shape index (κ1) is 29.5. The monoisotopic (exact) mass is 618 g/mol. The topological polar surface area (TPSA) is 52.0 Å². The number of anilines is 1. The van der Waals surface area contributed by atoms with E-state index in [1.165, 1.54) is 70.9 Å². The summed E-state index contributed by atoms with van der Waals surface area (Å²) in [7, 11) is 0. The van der Waals surface area contributed by atoms with E-state index in [1.54, 1.807) is 0 Å². The van der Waals surface area contributed by atoms with Crippen LogP contribution >= 0.6 is 0 Å². The Balaban J connectivity index is 1.43. The molecular formula is C46H38N2. The lowest BCUT2D eigenvalue weighted by atomic mass is 9.79. The Labute approximate surface area is 282 Å². The molecule has 0 heterocycles. The van der Waals surface area contributed by atoms with E-state index in [2.05, 4.69) is 146 Å². The Bertz CT molecular complexity index is 2540. The van der Waals surface area contributed by atoms with Gasteiger partial charge in [0.25, 0.3) is 0 Å². The van der Waals surface area contributed by atoms with Gasteiger partial charge in [0.15, 0.2) is 0 Å². The van der Waals surface area contributed by atoms with Crippen LogP contribution in [-0.2, 0) is 6.42 Å². The fourth-order valence-electron chi connectivity index (χ4n) is 7.47. The first-order valence-corrected chi connectivity index (χ1v) is 16.8. The Morgan fingerprint density at radius 2 is 1.21 bits per heavy atom. The van der Waals surface area contributed by atoms with Crippen LogP contribution in [0.5, 0.6) is 0 Å². The van der Waals surface area contributed by atoms with Crippen LogP contribution in [0.25, 0.3) is 71.9 Å². The lowest BCUT2D eigenvalue weighted by Crippen LogP contribution is -2.09. The Morgan fingerprint density at radius 1 is 0.667 bits per heavy atom. The highest BCUT2D eigenvalue weighted by molar-refractivity contribution is 6.17. The second-order valence-corrected chi connectivity index (χ2v) is 12.9. The summed E-state index contributed by atoms with van der Waals surface area (Å²) in [5, 5.41) is 9.93. The Kier molecular flexibility index (Phi) is 7.42. The molecule has 0 bridgehead atoms. The van der Waals surface area contributed by atoms with Gasteiger partial charge in [-0.05, 0) is 127 Å². The maximum atomic E-state index is 7.30. The van der Waals surface area contributed by atoms with E-state index in [4.69, 9.17) is 11.5 Å². The Hall–Kier alpha value is -5.86. The number of hydrogen-bond acceptors (Lipinski definition) is 2. The molecule has 0 aliphatic heterocycles. The molecule has 4 N–H and O–H groups in total. The number of nitrogen functional groups attached to an aromatic ring is 1. The maximum Gasteiger partial charge on any atom is 0.0470 e. The van der Waals surface area contributed by atoms with E-state index in [1.807, 2.05) is 13.0 Å². The average molecular weight is 619 g/mol. The summed E-state index contributed by atoms with van der Waals surface area (Å²) in [4.78, 5) is 0. The minimum atomic E-state index is 0.743. The van der Waals surface area contributed by atoms with Crippen LogP contribution in [0.3, 0.4) is 0 Å². The quantitative estimate of drug-likeness (QED) is 0.149. The molecule has 0 aromatic heterocycles. The zero-order valence-corrected chi connectivity index (χ0v) is 27.4. The SMILES string of the molecule is CC/C=C\c1c(-c2cc3ccccc3c3ccccc23)cc2c(c1N)C=C(c1cc3ccccc3c3ccccc13)/C(=C/C=C(/C)N)C2. The van der Waals surface area contributed by atoms with Crippen LogP contribution in [0, 0.1) is 0 Å². The summed E-state index contributed by atoms with van der Waals surface area (Å²) < 4.78 is 0. The second-order valence-electron chi connectivity index (χ2n) is 12.9. The molecule has 1 aliphatic rings. The van der Waals surface area contributed by atoms with Gasteiger partial charge in [-0.1, -0.05) is 122 Å². The van der Waals surface area contributed by atoms with Crippen molar-refractivity contribution in [3.8, 4) is 11.1 Å². The minimum absolute atomic E-state index is 0.743. The summed E-state index contributed by atoms with van der Waals surface area (Å²) in [6, 6.07) is 41.8. The molecule has 0 atom stereocenters. The van der Waals surface area contributed by atoms with Crippen LogP contribution in [0.15, 0.2) is 145 Å². The number of fused-ring (bicyclic) bond motifs is 7. The third-order valence-electron chi connectivity index (χ3n) is 9.73. The van der Waals surface area contributed by atoms with Gasteiger partial charge in [0.1, 0.15) is 0 Å². The molecule has 1 aliphatic carbocycles. The molecule has 0 amide bonds. The molecule has 7 aromatic rings. The summed E-state index contributed by atoms with van der Waals surface area (Å²) in [5.41, 5.74) is 24.5. The van der Waals surface area contributed by atoms with Crippen LogP contribution in [0.2, 0.25) is 0 Å². The fraction of sp³-hybridized carbons (Fsp3) is 0.0870. The first-order valence-electron chi connectivity index (χ1n) is 16.8. The molecule has 2 nitrogen and oxygen atoms in total. The van der Waals surface area contributed by atoms with E-state index < -0.39 is 0 Å². The van der Waals surface area contributed by atoms with E-state index in [9.17, 15) is 0 Å². The third kappa shape index (κ3) is 4.98. The van der Waals surface area contributed by atoms with Crippen molar-refractivity contribution in [2.45, 2.75) is 26.7 Å². The number of rotatable bonds is 5. The van der Waals surface area contributed by atoms with Gasteiger partial charge in [0.05, 0.1) is 0 Å².